The van der Waals surface area contributed by atoms with Crippen molar-refractivity contribution in [3.05, 3.63) is 28.2 Å². The zero-order chi connectivity index (χ0) is 15.3. The van der Waals surface area contributed by atoms with Gasteiger partial charge in [0.15, 0.2) is 0 Å². The Balaban J connectivity index is 2.08. The Morgan fingerprint density at radius 1 is 1.33 bits per heavy atom. The largest absolute Gasteiger partial charge is 0.316 e. The van der Waals surface area contributed by atoms with Crippen molar-refractivity contribution < 1.29 is 8.42 Å². The average molecular weight is 393 g/mol. The summed E-state index contributed by atoms with van der Waals surface area (Å²) in [4.78, 5) is 0.320. The van der Waals surface area contributed by atoms with Crippen molar-refractivity contribution in [1.82, 2.24) is 10.0 Å². The van der Waals surface area contributed by atoms with Gasteiger partial charge in [-0.15, -0.1) is 0 Å². The van der Waals surface area contributed by atoms with Gasteiger partial charge >= 0.3 is 0 Å². The number of hydrogen-bond donors (Lipinski definition) is 2. The summed E-state index contributed by atoms with van der Waals surface area (Å²) >= 11 is 5.29. The molecule has 1 fully saturated rings. The van der Waals surface area contributed by atoms with Crippen molar-refractivity contribution in [3.8, 4) is 0 Å². The maximum Gasteiger partial charge on any atom is 0.241 e. The van der Waals surface area contributed by atoms with Crippen LogP contribution in [0, 0.1) is 5.92 Å². The van der Waals surface area contributed by atoms with Crippen LogP contribution in [-0.2, 0) is 16.6 Å². The normalized spacial score (nSPS) is 17.0. The number of rotatable bonds is 6. The van der Waals surface area contributed by atoms with Crippen LogP contribution in [0.5, 0.6) is 0 Å². The van der Waals surface area contributed by atoms with E-state index in [4.69, 9.17) is 0 Å². The smallest absolute Gasteiger partial charge is 0.241 e. The van der Waals surface area contributed by atoms with Crippen LogP contribution in [0.2, 0.25) is 0 Å². The fraction of sp³-hybridized carbons (Fsp3) is 0.571. The van der Waals surface area contributed by atoms with E-state index < -0.39 is 10.0 Å². The molecule has 7 heteroatoms. The maximum atomic E-state index is 12.5. The van der Waals surface area contributed by atoms with Gasteiger partial charge in [0.05, 0.1) is 4.90 Å². The lowest BCUT2D eigenvalue weighted by Gasteiger charge is -2.21. The molecule has 1 aromatic rings. The quantitative estimate of drug-likeness (QED) is 0.780. The van der Waals surface area contributed by atoms with E-state index in [2.05, 4.69) is 26.0 Å². The second kappa shape index (κ2) is 7.97. The van der Waals surface area contributed by atoms with E-state index in [-0.39, 0.29) is 0 Å². The summed E-state index contributed by atoms with van der Waals surface area (Å²) < 4.78 is 28.3. The van der Waals surface area contributed by atoms with Crippen LogP contribution >= 0.6 is 27.7 Å². The van der Waals surface area contributed by atoms with Gasteiger partial charge in [-0.3, -0.25) is 0 Å². The number of thioether (sulfide) groups is 1. The fourth-order valence-electron chi connectivity index (χ4n) is 2.32. The summed E-state index contributed by atoms with van der Waals surface area (Å²) in [6.07, 6.45) is 2.18. The van der Waals surface area contributed by atoms with Crippen LogP contribution in [-0.4, -0.2) is 33.5 Å². The average Bonchev–Trinajstić information content (AvgIpc) is 2.48. The molecule has 4 nitrogen and oxygen atoms in total. The zero-order valence-corrected chi connectivity index (χ0v) is 15.3. The number of benzene rings is 1. The van der Waals surface area contributed by atoms with E-state index in [1.807, 2.05) is 24.9 Å². The molecule has 0 unspecified atom stereocenters. The van der Waals surface area contributed by atoms with Gasteiger partial charge in [-0.25, -0.2) is 13.1 Å². The molecule has 1 aromatic carbocycles. The molecule has 118 valence electrons. The Labute approximate surface area is 139 Å². The monoisotopic (exact) mass is 392 g/mol. The van der Waals surface area contributed by atoms with Gasteiger partial charge in [-0.1, -0.05) is 6.07 Å². The van der Waals surface area contributed by atoms with Gasteiger partial charge in [0.1, 0.15) is 0 Å². The van der Waals surface area contributed by atoms with E-state index in [9.17, 15) is 8.42 Å². The maximum absolute atomic E-state index is 12.5. The first-order chi connectivity index (χ1) is 10.0. The van der Waals surface area contributed by atoms with Crippen LogP contribution < -0.4 is 10.0 Å². The number of halogens is 1. The summed E-state index contributed by atoms with van der Waals surface area (Å²) in [5.74, 6) is 2.72. The Hall–Kier alpha value is -0.0800. The summed E-state index contributed by atoms with van der Waals surface area (Å²) in [7, 11) is -1.62. The van der Waals surface area contributed by atoms with E-state index in [0.717, 1.165) is 29.9 Å². The van der Waals surface area contributed by atoms with Crippen molar-refractivity contribution >= 4 is 37.7 Å². The SMILES string of the molecule is CNCc1ccc(Br)c(S(=O)(=O)NCC2CCSCC2)c1. The molecule has 0 atom stereocenters. The lowest BCUT2D eigenvalue weighted by molar-refractivity contribution is 0.476. The molecule has 1 saturated heterocycles. The van der Waals surface area contributed by atoms with Crippen molar-refractivity contribution in [2.75, 3.05) is 25.1 Å². The van der Waals surface area contributed by atoms with Crippen LogP contribution in [0.25, 0.3) is 0 Å². The molecule has 1 aliphatic rings. The molecule has 21 heavy (non-hydrogen) atoms. The zero-order valence-electron chi connectivity index (χ0n) is 12.1. The van der Waals surface area contributed by atoms with Crippen LogP contribution in [0.4, 0.5) is 0 Å². The summed E-state index contributed by atoms with van der Waals surface area (Å²) in [5, 5.41) is 3.03. The number of nitrogens with one attached hydrogen (secondary N) is 2. The van der Waals surface area contributed by atoms with Crippen LogP contribution in [0.1, 0.15) is 18.4 Å². The molecule has 1 aliphatic heterocycles. The van der Waals surface area contributed by atoms with Gasteiger partial charge in [-0.2, -0.15) is 11.8 Å². The first kappa shape index (κ1) is 17.3. The third-order valence-corrected chi connectivity index (χ3v) is 7.04. The molecular formula is C14H21BrN2O2S2. The second-order valence-electron chi connectivity index (χ2n) is 5.20. The Morgan fingerprint density at radius 2 is 2.05 bits per heavy atom. The van der Waals surface area contributed by atoms with Crippen LogP contribution in [0.15, 0.2) is 27.6 Å². The van der Waals surface area contributed by atoms with Gasteiger partial charge in [0.2, 0.25) is 10.0 Å². The lowest BCUT2D eigenvalue weighted by Crippen LogP contribution is -2.31. The van der Waals surface area contributed by atoms with Crippen molar-refractivity contribution in [2.24, 2.45) is 5.92 Å². The molecular weight excluding hydrogens is 372 g/mol. The Kier molecular flexibility index (Phi) is 6.55. The third kappa shape index (κ3) is 4.96. The van der Waals surface area contributed by atoms with Crippen molar-refractivity contribution in [1.29, 1.82) is 0 Å². The molecule has 0 spiro atoms. The minimum absolute atomic E-state index is 0.320. The highest BCUT2D eigenvalue weighted by Gasteiger charge is 2.21. The Bertz CT molecular complexity index is 572. The highest BCUT2D eigenvalue weighted by molar-refractivity contribution is 9.10. The Morgan fingerprint density at radius 3 is 2.71 bits per heavy atom. The summed E-state index contributed by atoms with van der Waals surface area (Å²) in [5.41, 5.74) is 0.954. The molecule has 0 bridgehead atoms. The highest BCUT2D eigenvalue weighted by atomic mass is 79.9. The molecule has 0 amide bonds. The minimum Gasteiger partial charge on any atom is -0.316 e. The topological polar surface area (TPSA) is 58.2 Å². The van der Waals surface area contributed by atoms with Gasteiger partial charge in [-0.05, 0) is 70.9 Å². The van der Waals surface area contributed by atoms with E-state index in [1.165, 1.54) is 0 Å². The third-order valence-electron chi connectivity index (χ3n) is 3.57. The first-order valence-electron chi connectivity index (χ1n) is 7.03. The van der Waals surface area contributed by atoms with E-state index in [0.29, 0.717) is 28.4 Å². The first-order valence-corrected chi connectivity index (χ1v) is 10.5. The molecule has 2 rings (SSSR count). The molecule has 1 heterocycles. The number of sulfonamides is 1. The van der Waals surface area contributed by atoms with E-state index >= 15 is 0 Å². The van der Waals surface area contributed by atoms with Gasteiger partial charge in [0, 0.05) is 17.6 Å². The fourth-order valence-corrected chi connectivity index (χ4v) is 5.66. The van der Waals surface area contributed by atoms with Crippen LogP contribution in [0.3, 0.4) is 0 Å². The number of hydrogen-bond acceptors (Lipinski definition) is 4. The minimum atomic E-state index is -3.46. The molecule has 0 saturated carbocycles. The lowest BCUT2D eigenvalue weighted by atomic mass is 10.0. The van der Waals surface area contributed by atoms with E-state index in [1.54, 1.807) is 12.1 Å². The molecule has 0 aliphatic carbocycles. The molecule has 0 radical (unpaired) electrons. The molecule has 0 aromatic heterocycles. The van der Waals surface area contributed by atoms with Gasteiger partial charge < -0.3 is 5.32 Å². The predicted octanol–water partition coefficient (Wildman–Crippen LogP) is 2.59. The van der Waals surface area contributed by atoms with Gasteiger partial charge in [0.25, 0.3) is 0 Å². The van der Waals surface area contributed by atoms with Crippen molar-refractivity contribution in [2.45, 2.75) is 24.3 Å². The molecule has 2 N–H and O–H groups in total. The second-order valence-corrected chi connectivity index (χ2v) is 9.02. The highest BCUT2D eigenvalue weighted by Crippen LogP contribution is 2.25. The summed E-state index contributed by atoms with van der Waals surface area (Å²) in [6.45, 7) is 1.18. The summed E-state index contributed by atoms with van der Waals surface area (Å²) in [6, 6.07) is 5.43. The standard InChI is InChI=1S/C14H21BrN2O2S2/c1-16-9-12-2-3-13(15)14(8-12)21(18,19)17-10-11-4-6-20-7-5-11/h2-3,8,11,16-17H,4-7,9-10H2,1H3. The predicted molar refractivity (Wildman–Crippen MR) is 92.1 cm³/mol. The van der Waals surface area contributed by atoms with Crippen molar-refractivity contribution in [3.63, 3.8) is 0 Å².